The lowest BCUT2D eigenvalue weighted by molar-refractivity contribution is 0.150. The van der Waals surface area contributed by atoms with Gasteiger partial charge in [-0.05, 0) is 17.5 Å². The van der Waals surface area contributed by atoms with Crippen molar-refractivity contribution in [3.63, 3.8) is 0 Å². The Hall–Kier alpha value is -2.08. The predicted molar refractivity (Wildman–Crippen MR) is 72.3 cm³/mol. The predicted octanol–water partition coefficient (Wildman–Crippen LogP) is 0.802. The molecule has 1 heterocycles. The van der Waals surface area contributed by atoms with Gasteiger partial charge in [-0.15, -0.1) is 4.99 Å². The van der Waals surface area contributed by atoms with Crippen LogP contribution < -0.4 is 11.5 Å². The van der Waals surface area contributed by atoms with Gasteiger partial charge < -0.3 is 21.1 Å². The molecule has 0 aliphatic carbocycles. The average Bonchev–Trinajstić information content (AvgIpc) is 2.34. The van der Waals surface area contributed by atoms with Gasteiger partial charge in [-0.2, -0.15) is 0 Å². The van der Waals surface area contributed by atoms with Gasteiger partial charge in [0.05, 0.1) is 0 Å². The van der Waals surface area contributed by atoms with Gasteiger partial charge in [0.15, 0.2) is 0 Å². The van der Waals surface area contributed by atoms with Crippen LogP contribution in [-0.2, 0) is 17.9 Å². The van der Waals surface area contributed by atoms with Crippen LogP contribution in [0.5, 0.6) is 0 Å². The number of likely N-dealkylation sites (tertiary alicyclic amines) is 1. The number of nitrogens with zero attached hydrogens (tertiary/aromatic N) is 2. The molecule has 0 saturated carbocycles. The molecule has 0 spiro atoms. The monoisotopic (exact) mass is 262 g/mol. The van der Waals surface area contributed by atoms with E-state index < -0.39 is 6.09 Å². The normalized spacial score (nSPS) is 15.0. The third-order valence-electron chi connectivity index (χ3n) is 2.98. The summed E-state index contributed by atoms with van der Waals surface area (Å²) >= 11 is 0. The van der Waals surface area contributed by atoms with Crippen LogP contribution in [-0.4, -0.2) is 30.0 Å². The Morgan fingerprint density at radius 2 is 2.11 bits per heavy atom. The van der Waals surface area contributed by atoms with Crippen molar-refractivity contribution in [2.45, 2.75) is 19.6 Å². The first-order chi connectivity index (χ1) is 9.19. The van der Waals surface area contributed by atoms with E-state index in [4.69, 9.17) is 16.2 Å². The highest BCUT2D eigenvalue weighted by atomic mass is 16.5. The number of benzene rings is 1. The van der Waals surface area contributed by atoms with Crippen molar-refractivity contribution in [3.8, 4) is 0 Å². The topological polar surface area (TPSA) is 93.9 Å². The van der Waals surface area contributed by atoms with Crippen molar-refractivity contribution in [1.82, 2.24) is 4.90 Å². The summed E-state index contributed by atoms with van der Waals surface area (Å²) < 4.78 is 5.04. The summed E-state index contributed by atoms with van der Waals surface area (Å²) in [5.41, 5.74) is 13.1. The second-order valence-corrected chi connectivity index (χ2v) is 4.39. The number of rotatable bonds is 3. The van der Waals surface area contributed by atoms with Gasteiger partial charge in [0.2, 0.25) is 5.96 Å². The van der Waals surface area contributed by atoms with Gasteiger partial charge in [0, 0.05) is 19.6 Å². The second-order valence-electron chi connectivity index (χ2n) is 4.39. The summed E-state index contributed by atoms with van der Waals surface area (Å²) in [6.45, 7) is 2.33. The van der Waals surface area contributed by atoms with E-state index in [-0.39, 0.29) is 12.6 Å². The first-order valence-corrected chi connectivity index (χ1v) is 6.23. The van der Waals surface area contributed by atoms with Crippen LogP contribution in [0.3, 0.4) is 0 Å². The third kappa shape index (κ3) is 3.69. The van der Waals surface area contributed by atoms with Crippen LogP contribution in [0, 0.1) is 0 Å². The largest absolute Gasteiger partial charge is 0.443 e. The number of amides is 1. The summed E-state index contributed by atoms with van der Waals surface area (Å²) in [6, 6.07) is 7.57. The van der Waals surface area contributed by atoms with E-state index in [1.165, 1.54) is 0 Å². The number of carbonyl (C=O) groups is 1. The molecule has 1 aliphatic heterocycles. The molecule has 0 bridgehead atoms. The Balaban J connectivity index is 1.85. The maximum Gasteiger partial charge on any atom is 0.437 e. The first-order valence-electron chi connectivity index (χ1n) is 6.23. The zero-order chi connectivity index (χ0) is 13.7. The molecule has 6 heteroatoms. The number of hydrogen-bond donors (Lipinski definition) is 2. The number of ether oxygens (including phenoxy) is 1. The van der Waals surface area contributed by atoms with Crippen LogP contribution in [0.2, 0.25) is 0 Å². The minimum Gasteiger partial charge on any atom is -0.443 e. The molecule has 1 aromatic rings. The van der Waals surface area contributed by atoms with E-state index in [2.05, 4.69) is 4.99 Å². The Bertz CT molecular complexity index is 483. The van der Waals surface area contributed by atoms with Gasteiger partial charge in [-0.25, -0.2) is 4.79 Å². The van der Waals surface area contributed by atoms with Gasteiger partial charge in [0.1, 0.15) is 6.61 Å². The molecular formula is C13H18N4O2. The fraction of sp³-hybridized carbons (Fsp3) is 0.385. The molecule has 2 rings (SSSR count). The summed E-state index contributed by atoms with van der Waals surface area (Å²) in [5, 5.41) is 0. The van der Waals surface area contributed by atoms with Gasteiger partial charge in [0.25, 0.3) is 0 Å². The first kappa shape index (κ1) is 13.4. The van der Waals surface area contributed by atoms with Crippen LogP contribution in [0.25, 0.3) is 0 Å². The molecular weight excluding hydrogens is 244 g/mol. The van der Waals surface area contributed by atoms with Crippen molar-refractivity contribution < 1.29 is 9.53 Å². The molecule has 0 unspecified atom stereocenters. The molecule has 1 fully saturated rings. The van der Waals surface area contributed by atoms with Gasteiger partial charge in [-0.1, -0.05) is 24.3 Å². The van der Waals surface area contributed by atoms with Crippen molar-refractivity contribution in [2.24, 2.45) is 16.5 Å². The molecule has 1 amide bonds. The van der Waals surface area contributed by atoms with E-state index in [1.807, 2.05) is 29.2 Å². The molecule has 19 heavy (non-hydrogen) atoms. The Morgan fingerprint density at radius 3 is 2.74 bits per heavy atom. The molecule has 102 valence electrons. The quantitative estimate of drug-likeness (QED) is 0.620. The molecule has 0 atom stereocenters. The zero-order valence-corrected chi connectivity index (χ0v) is 10.7. The van der Waals surface area contributed by atoms with E-state index in [1.54, 1.807) is 0 Å². The summed E-state index contributed by atoms with van der Waals surface area (Å²) in [4.78, 5) is 17.0. The number of nitrogens with two attached hydrogens (primary N) is 2. The Kier molecular flexibility index (Phi) is 4.35. The maximum atomic E-state index is 11.5. The fourth-order valence-electron chi connectivity index (χ4n) is 1.73. The van der Waals surface area contributed by atoms with E-state index in [0.29, 0.717) is 6.54 Å². The lowest BCUT2D eigenvalue weighted by atomic mass is 10.1. The molecule has 1 aliphatic rings. The van der Waals surface area contributed by atoms with Crippen LogP contribution in [0.4, 0.5) is 4.79 Å². The fourth-order valence-corrected chi connectivity index (χ4v) is 1.73. The summed E-state index contributed by atoms with van der Waals surface area (Å²) in [6.07, 6.45) is 0.416. The molecule has 0 aromatic heterocycles. The molecule has 1 aromatic carbocycles. The van der Waals surface area contributed by atoms with Crippen LogP contribution in [0.15, 0.2) is 29.3 Å². The van der Waals surface area contributed by atoms with Crippen molar-refractivity contribution >= 4 is 12.1 Å². The lowest BCUT2D eigenvalue weighted by Gasteiger charge is -2.31. The Morgan fingerprint density at radius 1 is 1.37 bits per heavy atom. The second kappa shape index (κ2) is 6.19. The number of carbonyl (C=O) groups excluding carboxylic acids is 1. The summed E-state index contributed by atoms with van der Waals surface area (Å²) in [5.74, 6) is 0.229. The smallest absolute Gasteiger partial charge is 0.437 e. The highest BCUT2D eigenvalue weighted by Crippen LogP contribution is 2.08. The highest BCUT2D eigenvalue weighted by Gasteiger charge is 2.17. The minimum atomic E-state index is -0.664. The van der Waals surface area contributed by atoms with E-state index in [9.17, 15) is 4.79 Å². The van der Waals surface area contributed by atoms with E-state index >= 15 is 0 Å². The zero-order valence-electron chi connectivity index (χ0n) is 10.7. The lowest BCUT2D eigenvalue weighted by Crippen LogP contribution is -2.46. The minimum absolute atomic E-state index is 0.170. The SMILES string of the molecule is NCc1cccc(COC(=O)N=C(N)N2CCC2)c1. The highest BCUT2D eigenvalue weighted by molar-refractivity contribution is 5.89. The standard InChI is InChI=1S/C13H18N4O2/c14-8-10-3-1-4-11(7-10)9-19-13(18)16-12(15)17-5-2-6-17/h1,3-4,7H,2,5-6,8-9,14H2,(H2,15,16,18). The van der Waals surface area contributed by atoms with Crippen LogP contribution in [0.1, 0.15) is 17.5 Å². The maximum absolute atomic E-state index is 11.5. The number of aliphatic imine (C=N–C) groups is 1. The van der Waals surface area contributed by atoms with Crippen molar-refractivity contribution in [1.29, 1.82) is 0 Å². The molecule has 6 nitrogen and oxygen atoms in total. The van der Waals surface area contributed by atoms with Gasteiger partial charge in [-0.3, -0.25) is 0 Å². The Labute approximate surface area is 112 Å². The van der Waals surface area contributed by atoms with Crippen molar-refractivity contribution in [2.75, 3.05) is 13.1 Å². The average molecular weight is 262 g/mol. The van der Waals surface area contributed by atoms with E-state index in [0.717, 1.165) is 30.6 Å². The molecule has 1 saturated heterocycles. The summed E-state index contributed by atoms with van der Waals surface area (Å²) in [7, 11) is 0. The van der Waals surface area contributed by atoms with Gasteiger partial charge >= 0.3 is 6.09 Å². The molecule has 0 radical (unpaired) electrons. The molecule has 4 N–H and O–H groups in total. The van der Waals surface area contributed by atoms with Crippen LogP contribution >= 0.6 is 0 Å². The number of hydrogen-bond acceptors (Lipinski definition) is 3. The third-order valence-corrected chi connectivity index (χ3v) is 2.98. The van der Waals surface area contributed by atoms with Crippen molar-refractivity contribution in [3.05, 3.63) is 35.4 Å². The number of guanidine groups is 1.